The molecule has 1 heterocycles. The number of nitrogens with one attached hydrogen (secondary N) is 1. The van der Waals surface area contributed by atoms with Gasteiger partial charge in [-0.15, -0.1) is 0 Å². The molecule has 9 heteroatoms. The van der Waals surface area contributed by atoms with Crippen LogP contribution >= 0.6 is 0 Å². The van der Waals surface area contributed by atoms with Gasteiger partial charge in [-0.05, 0) is 81.0 Å². The maximum absolute atomic E-state index is 13.4. The van der Waals surface area contributed by atoms with E-state index in [1.165, 1.54) is 24.3 Å². The first-order chi connectivity index (χ1) is 19.3. The number of anilines is 1. The van der Waals surface area contributed by atoms with E-state index in [-0.39, 0.29) is 5.82 Å². The number of aliphatic carboxylic acids is 1. The minimum absolute atomic E-state index is 0.378. The lowest BCUT2D eigenvalue weighted by molar-refractivity contribution is -0.142. The minimum atomic E-state index is -1.05. The smallest absolute Gasteiger partial charge is 0.313 e. The Labute approximate surface area is 240 Å². The van der Waals surface area contributed by atoms with Crippen molar-refractivity contribution in [1.82, 2.24) is 4.90 Å². The number of halogens is 1. The molecule has 0 aromatic heterocycles. The summed E-state index contributed by atoms with van der Waals surface area (Å²) < 4.78 is 25.4. The molecular weight excluding hydrogens is 527 g/mol. The zero-order valence-electron chi connectivity index (χ0n) is 23.9. The lowest BCUT2D eigenvalue weighted by Crippen LogP contribution is -2.51. The van der Waals surface area contributed by atoms with Gasteiger partial charge < -0.3 is 30.1 Å². The highest BCUT2D eigenvalue weighted by atomic mass is 19.1. The number of benzene rings is 3. The van der Waals surface area contributed by atoms with E-state index in [1.54, 1.807) is 56.3 Å². The molecule has 1 atom stereocenters. The normalized spacial score (nSPS) is 16.3. The molecule has 3 aromatic carbocycles. The van der Waals surface area contributed by atoms with Gasteiger partial charge in [-0.25, -0.2) is 4.39 Å². The average molecular weight is 567 g/mol. The van der Waals surface area contributed by atoms with E-state index in [1.807, 2.05) is 4.90 Å². The molecule has 0 radical (unpaired) electrons. The highest BCUT2D eigenvalue weighted by Crippen LogP contribution is 2.35. The third-order valence-corrected chi connectivity index (χ3v) is 7.43. The number of piperidine rings is 1. The number of hydrogen-bond donors (Lipinski definition) is 4. The Kier molecular flexibility index (Phi) is 9.21. The maximum atomic E-state index is 13.4. The highest BCUT2D eigenvalue weighted by Gasteiger charge is 2.34. The number of rotatable bonds is 11. The van der Waals surface area contributed by atoms with Crippen molar-refractivity contribution < 1.29 is 34.0 Å². The number of hydrogen-bond acceptors (Lipinski definition) is 7. The summed E-state index contributed by atoms with van der Waals surface area (Å²) in [5.74, 6) is 0.806. The van der Waals surface area contributed by atoms with Crippen LogP contribution in [0, 0.1) is 11.7 Å². The topological polar surface area (TPSA) is 111 Å². The molecule has 4 rings (SSSR count). The van der Waals surface area contributed by atoms with Gasteiger partial charge >= 0.3 is 5.97 Å². The van der Waals surface area contributed by atoms with Gasteiger partial charge in [0.25, 0.3) is 0 Å². The number of carboxylic acids is 1. The van der Waals surface area contributed by atoms with E-state index in [0.29, 0.717) is 66.1 Å². The highest BCUT2D eigenvalue weighted by molar-refractivity contribution is 5.80. The van der Waals surface area contributed by atoms with Crippen molar-refractivity contribution in [2.75, 3.05) is 18.4 Å². The van der Waals surface area contributed by atoms with Crippen LogP contribution in [0.15, 0.2) is 66.7 Å². The summed E-state index contributed by atoms with van der Waals surface area (Å²) in [6, 6.07) is 17.5. The summed E-state index contributed by atoms with van der Waals surface area (Å²) in [6.45, 7) is 8.52. The maximum Gasteiger partial charge on any atom is 0.313 e. The quantitative estimate of drug-likeness (QED) is 0.199. The fraction of sp³-hybridized carbons (Fsp3) is 0.406. The molecule has 0 aliphatic carbocycles. The Hall–Kier alpha value is -3.66. The Balaban J connectivity index is 1.53. The molecule has 0 amide bonds. The SMILES string of the molecule is CC(C)CC1(O)CCN(C(O)Nc2cc(Oc3ccc(F)cc3)cc(Oc3ccc(C(C)(C)C(=O)O)cc3)c2)CC1. The molecule has 0 spiro atoms. The van der Waals surface area contributed by atoms with E-state index in [4.69, 9.17) is 9.47 Å². The molecule has 1 aliphatic heterocycles. The summed E-state index contributed by atoms with van der Waals surface area (Å²) in [5, 5.41) is 34.5. The van der Waals surface area contributed by atoms with E-state index < -0.39 is 23.3 Å². The van der Waals surface area contributed by atoms with Crippen LogP contribution in [0.2, 0.25) is 0 Å². The van der Waals surface area contributed by atoms with Gasteiger partial charge in [0.15, 0.2) is 6.35 Å². The number of nitrogens with zero attached hydrogens (tertiary/aromatic N) is 1. The van der Waals surface area contributed by atoms with E-state index in [0.717, 1.165) is 6.42 Å². The summed E-state index contributed by atoms with van der Waals surface area (Å²) in [7, 11) is 0. The number of likely N-dealkylation sites (tertiary alicyclic amines) is 1. The Morgan fingerprint density at radius 3 is 1.95 bits per heavy atom. The van der Waals surface area contributed by atoms with Gasteiger partial charge in [0.2, 0.25) is 0 Å². The van der Waals surface area contributed by atoms with E-state index in [2.05, 4.69) is 19.2 Å². The molecular formula is C32H39FN2O6. The Bertz CT molecular complexity index is 1320. The average Bonchev–Trinajstić information content (AvgIpc) is 2.90. The van der Waals surface area contributed by atoms with Crippen molar-refractivity contribution in [3.05, 3.63) is 78.1 Å². The fourth-order valence-electron chi connectivity index (χ4n) is 5.00. The molecule has 8 nitrogen and oxygen atoms in total. The molecule has 1 unspecified atom stereocenters. The van der Waals surface area contributed by atoms with Crippen LogP contribution < -0.4 is 14.8 Å². The number of aliphatic hydroxyl groups excluding tert-OH is 1. The van der Waals surface area contributed by atoms with Gasteiger partial charge in [0.1, 0.15) is 28.8 Å². The zero-order chi connectivity index (χ0) is 29.8. The second-order valence-electron chi connectivity index (χ2n) is 11.7. The first-order valence-corrected chi connectivity index (χ1v) is 13.8. The molecule has 4 N–H and O–H groups in total. The lowest BCUT2D eigenvalue weighted by atomic mass is 9.84. The third kappa shape index (κ3) is 7.97. The summed E-state index contributed by atoms with van der Waals surface area (Å²) >= 11 is 0. The number of carboxylic acid groups (broad SMARTS) is 1. The van der Waals surface area contributed by atoms with Crippen LogP contribution in [0.1, 0.15) is 52.5 Å². The largest absolute Gasteiger partial charge is 0.481 e. The van der Waals surface area contributed by atoms with E-state index >= 15 is 0 Å². The second-order valence-corrected chi connectivity index (χ2v) is 11.7. The van der Waals surface area contributed by atoms with Crippen molar-refractivity contribution in [2.24, 2.45) is 5.92 Å². The van der Waals surface area contributed by atoms with Crippen LogP contribution in [-0.4, -0.2) is 51.2 Å². The van der Waals surface area contributed by atoms with Crippen molar-refractivity contribution in [2.45, 2.75) is 64.3 Å². The summed E-state index contributed by atoms with van der Waals surface area (Å²) in [5.41, 5.74) is -0.603. The standard InChI is InChI=1S/C32H39FN2O6/c1-21(2)20-32(39)13-15-35(16-14-32)30(38)34-24-17-27(19-28(18-24)41-26-11-7-23(33)8-12-26)40-25-9-5-22(6-10-25)31(3,4)29(36)37/h5-12,17-19,21,30,34,38-39H,13-16,20H2,1-4H3,(H,36,37). The predicted octanol–water partition coefficient (Wildman–Crippen LogP) is 6.33. The van der Waals surface area contributed by atoms with Crippen molar-refractivity contribution >= 4 is 11.7 Å². The van der Waals surface area contributed by atoms with Crippen LogP contribution in [-0.2, 0) is 10.2 Å². The Morgan fingerprint density at radius 1 is 0.951 bits per heavy atom. The molecule has 1 saturated heterocycles. The molecule has 0 saturated carbocycles. The van der Waals surface area contributed by atoms with Gasteiger partial charge in [-0.2, -0.15) is 0 Å². The zero-order valence-corrected chi connectivity index (χ0v) is 23.9. The fourth-order valence-corrected chi connectivity index (χ4v) is 5.00. The van der Waals surface area contributed by atoms with Crippen LogP contribution in [0.25, 0.3) is 0 Å². The summed E-state index contributed by atoms with van der Waals surface area (Å²) in [6.07, 6.45) is 0.856. The molecule has 1 fully saturated rings. The van der Waals surface area contributed by atoms with Crippen molar-refractivity contribution in [1.29, 1.82) is 0 Å². The van der Waals surface area contributed by atoms with Crippen LogP contribution in [0.4, 0.5) is 10.1 Å². The molecule has 0 bridgehead atoms. The van der Waals surface area contributed by atoms with Crippen molar-refractivity contribution in [3.8, 4) is 23.0 Å². The monoisotopic (exact) mass is 566 g/mol. The molecule has 3 aromatic rings. The van der Waals surface area contributed by atoms with Crippen molar-refractivity contribution in [3.63, 3.8) is 0 Å². The molecule has 41 heavy (non-hydrogen) atoms. The molecule has 220 valence electrons. The van der Waals surface area contributed by atoms with Gasteiger partial charge in [0.05, 0.1) is 11.0 Å². The lowest BCUT2D eigenvalue weighted by Gasteiger charge is -2.41. The minimum Gasteiger partial charge on any atom is -0.481 e. The third-order valence-electron chi connectivity index (χ3n) is 7.43. The van der Waals surface area contributed by atoms with Crippen LogP contribution in [0.3, 0.4) is 0 Å². The second kappa shape index (κ2) is 12.5. The summed E-state index contributed by atoms with van der Waals surface area (Å²) in [4.78, 5) is 13.5. The van der Waals surface area contributed by atoms with E-state index in [9.17, 15) is 24.5 Å². The number of ether oxygens (including phenoxy) is 2. The predicted molar refractivity (Wildman–Crippen MR) is 155 cm³/mol. The first kappa shape index (κ1) is 30.3. The number of aliphatic hydroxyl groups is 2. The number of carbonyl (C=O) groups is 1. The Morgan fingerprint density at radius 2 is 1.46 bits per heavy atom. The first-order valence-electron chi connectivity index (χ1n) is 13.8. The molecule has 1 aliphatic rings. The van der Waals surface area contributed by atoms with Gasteiger partial charge in [0, 0.05) is 37.0 Å². The van der Waals surface area contributed by atoms with Gasteiger partial charge in [-0.1, -0.05) is 26.0 Å². The van der Waals surface area contributed by atoms with Gasteiger partial charge in [-0.3, -0.25) is 9.69 Å². The van der Waals surface area contributed by atoms with Crippen LogP contribution in [0.5, 0.6) is 23.0 Å².